The van der Waals surface area contributed by atoms with Gasteiger partial charge in [0.1, 0.15) is 10.8 Å². The molecule has 2 rings (SSSR count). The summed E-state index contributed by atoms with van der Waals surface area (Å²) in [6.07, 6.45) is 2.09. The molecule has 1 aliphatic carbocycles. The molecule has 17 heavy (non-hydrogen) atoms. The summed E-state index contributed by atoms with van der Waals surface area (Å²) in [6.45, 7) is 3.54. The van der Waals surface area contributed by atoms with Gasteiger partial charge in [-0.25, -0.2) is 0 Å². The lowest BCUT2D eigenvalue weighted by Gasteiger charge is -2.31. The monoisotopic (exact) mass is 252 g/mol. The topological polar surface area (TPSA) is 77.0 Å². The van der Waals surface area contributed by atoms with Crippen LogP contribution in [0.5, 0.6) is 0 Å². The second-order valence-electron chi connectivity index (χ2n) is 4.79. The molecule has 90 valence electrons. The van der Waals surface area contributed by atoms with E-state index in [4.69, 9.17) is 0 Å². The average molecular weight is 252 g/mol. The molecule has 0 N–H and O–H groups in total. The van der Waals surface area contributed by atoms with Crippen molar-refractivity contribution in [1.29, 1.82) is 0 Å². The summed E-state index contributed by atoms with van der Waals surface area (Å²) in [5.41, 5.74) is -0.605. The summed E-state index contributed by atoms with van der Waals surface area (Å²) in [4.78, 5) is 36.2. The summed E-state index contributed by atoms with van der Waals surface area (Å²) < 4.78 is 3.57. The quantitative estimate of drug-likeness (QED) is 0.585. The van der Waals surface area contributed by atoms with Gasteiger partial charge in [-0.15, -0.1) is 5.10 Å². The predicted molar refractivity (Wildman–Crippen MR) is 60.8 cm³/mol. The first kappa shape index (κ1) is 12.0. The molecule has 1 unspecified atom stereocenters. The van der Waals surface area contributed by atoms with Crippen LogP contribution in [0.4, 0.5) is 0 Å². The van der Waals surface area contributed by atoms with E-state index < -0.39 is 17.1 Å². The van der Waals surface area contributed by atoms with E-state index in [-0.39, 0.29) is 22.9 Å². The molecule has 1 saturated carbocycles. The van der Waals surface area contributed by atoms with E-state index in [9.17, 15) is 14.4 Å². The van der Waals surface area contributed by atoms with E-state index in [2.05, 4.69) is 9.59 Å². The Morgan fingerprint density at radius 3 is 2.76 bits per heavy atom. The number of Topliss-reactive ketones (excluding diaryl/α,β-unsaturated/α-hetero) is 3. The van der Waals surface area contributed by atoms with Crippen molar-refractivity contribution in [1.82, 2.24) is 9.59 Å². The van der Waals surface area contributed by atoms with Crippen LogP contribution >= 0.6 is 11.5 Å². The smallest absolute Gasteiger partial charge is 0.193 e. The molecule has 0 saturated heterocycles. The van der Waals surface area contributed by atoms with Gasteiger partial charge in [0.25, 0.3) is 0 Å². The molecule has 0 aromatic carbocycles. The average Bonchev–Trinajstić information content (AvgIpc) is 2.78. The molecular weight excluding hydrogens is 240 g/mol. The molecule has 1 heterocycles. The second-order valence-corrected chi connectivity index (χ2v) is 5.58. The normalized spacial score (nSPS) is 23.8. The van der Waals surface area contributed by atoms with E-state index in [0.29, 0.717) is 6.42 Å². The summed E-state index contributed by atoms with van der Waals surface area (Å²) in [5, 5.41) is 3.55. The summed E-state index contributed by atoms with van der Waals surface area (Å²) in [7, 11) is 0. The number of aromatic nitrogens is 2. The fourth-order valence-corrected chi connectivity index (χ4v) is 2.41. The van der Waals surface area contributed by atoms with Gasteiger partial charge in [-0.05, 0) is 18.0 Å². The van der Waals surface area contributed by atoms with Gasteiger partial charge in [0, 0.05) is 11.8 Å². The van der Waals surface area contributed by atoms with Crippen LogP contribution in [0.3, 0.4) is 0 Å². The Morgan fingerprint density at radius 1 is 1.47 bits per heavy atom. The SMILES string of the molecule is CC1(C)CCC(=O)C(C(=O)c2cnns2)C1=O. The highest BCUT2D eigenvalue weighted by molar-refractivity contribution is 7.07. The molecule has 0 aliphatic heterocycles. The van der Waals surface area contributed by atoms with Crippen LogP contribution in [0.15, 0.2) is 6.20 Å². The number of rotatable bonds is 2. The Morgan fingerprint density at radius 2 is 2.18 bits per heavy atom. The third kappa shape index (κ3) is 2.04. The van der Waals surface area contributed by atoms with Gasteiger partial charge in [-0.3, -0.25) is 14.4 Å². The van der Waals surface area contributed by atoms with Gasteiger partial charge in [0.15, 0.2) is 17.3 Å². The fraction of sp³-hybridized carbons (Fsp3) is 0.545. The zero-order valence-corrected chi connectivity index (χ0v) is 10.4. The predicted octanol–water partition coefficient (Wildman–Crippen LogP) is 1.30. The maximum atomic E-state index is 12.1. The zero-order valence-electron chi connectivity index (χ0n) is 9.60. The van der Waals surface area contributed by atoms with E-state index in [0.717, 1.165) is 11.5 Å². The minimum atomic E-state index is -1.15. The van der Waals surface area contributed by atoms with Crippen LogP contribution in [0.2, 0.25) is 0 Å². The lowest BCUT2D eigenvalue weighted by atomic mass is 9.69. The first-order valence-electron chi connectivity index (χ1n) is 5.32. The van der Waals surface area contributed by atoms with E-state index in [1.54, 1.807) is 13.8 Å². The van der Waals surface area contributed by atoms with Gasteiger partial charge in [0.05, 0.1) is 6.20 Å². The number of carbonyl (C=O) groups is 3. The highest BCUT2D eigenvalue weighted by atomic mass is 32.1. The van der Waals surface area contributed by atoms with Crippen molar-refractivity contribution in [3.8, 4) is 0 Å². The highest BCUT2D eigenvalue weighted by Crippen LogP contribution is 2.35. The van der Waals surface area contributed by atoms with Gasteiger partial charge >= 0.3 is 0 Å². The molecule has 1 atom stereocenters. The number of hydrogen-bond donors (Lipinski definition) is 0. The van der Waals surface area contributed by atoms with Crippen molar-refractivity contribution in [2.75, 3.05) is 0 Å². The molecular formula is C11H12N2O3S. The highest BCUT2D eigenvalue weighted by Gasteiger charge is 2.46. The lowest BCUT2D eigenvalue weighted by Crippen LogP contribution is -2.44. The maximum Gasteiger partial charge on any atom is 0.193 e. The zero-order chi connectivity index (χ0) is 12.6. The van der Waals surface area contributed by atoms with Crippen molar-refractivity contribution in [3.63, 3.8) is 0 Å². The summed E-state index contributed by atoms with van der Waals surface area (Å²) in [6, 6.07) is 0. The van der Waals surface area contributed by atoms with E-state index in [1.165, 1.54) is 6.20 Å². The molecule has 1 aromatic heterocycles. The second kappa shape index (κ2) is 4.10. The van der Waals surface area contributed by atoms with Crippen LogP contribution in [-0.4, -0.2) is 26.9 Å². The Bertz CT molecular complexity index is 479. The molecule has 5 nitrogen and oxygen atoms in total. The van der Waals surface area contributed by atoms with E-state index >= 15 is 0 Å². The largest absolute Gasteiger partial charge is 0.298 e. The fourth-order valence-electron chi connectivity index (χ4n) is 1.92. The van der Waals surface area contributed by atoms with Crippen LogP contribution in [-0.2, 0) is 9.59 Å². The standard InChI is InChI=1S/C11H12N2O3S/c1-11(2)4-3-6(14)8(10(11)16)9(15)7-5-12-13-17-7/h5,8H,3-4H2,1-2H3. The minimum absolute atomic E-state index is 0.273. The minimum Gasteiger partial charge on any atom is -0.298 e. The molecule has 1 fully saturated rings. The molecule has 0 spiro atoms. The van der Waals surface area contributed by atoms with Crippen LogP contribution in [0, 0.1) is 11.3 Å². The number of hydrogen-bond acceptors (Lipinski definition) is 6. The third-order valence-electron chi connectivity index (χ3n) is 3.11. The molecule has 6 heteroatoms. The van der Waals surface area contributed by atoms with Gasteiger partial charge in [-0.1, -0.05) is 18.3 Å². The van der Waals surface area contributed by atoms with E-state index in [1.807, 2.05) is 0 Å². The van der Waals surface area contributed by atoms with Crippen molar-refractivity contribution in [2.45, 2.75) is 26.7 Å². The van der Waals surface area contributed by atoms with Crippen molar-refractivity contribution in [2.24, 2.45) is 11.3 Å². The van der Waals surface area contributed by atoms with Crippen molar-refractivity contribution in [3.05, 3.63) is 11.1 Å². The van der Waals surface area contributed by atoms with Crippen LogP contribution < -0.4 is 0 Å². The molecule has 0 bridgehead atoms. The van der Waals surface area contributed by atoms with Crippen molar-refractivity contribution < 1.29 is 14.4 Å². The summed E-state index contributed by atoms with van der Waals surface area (Å²) in [5.74, 6) is -2.18. The first-order chi connectivity index (χ1) is 7.93. The van der Waals surface area contributed by atoms with Crippen molar-refractivity contribution >= 4 is 28.9 Å². The van der Waals surface area contributed by atoms with Gasteiger partial charge in [0.2, 0.25) is 0 Å². The lowest BCUT2D eigenvalue weighted by molar-refractivity contribution is -0.140. The number of carbonyl (C=O) groups excluding carboxylic acids is 3. The Balaban J connectivity index is 2.33. The third-order valence-corrected chi connectivity index (χ3v) is 3.79. The maximum absolute atomic E-state index is 12.1. The Hall–Kier alpha value is -1.43. The number of ketones is 3. The summed E-state index contributed by atoms with van der Waals surface area (Å²) >= 11 is 0.914. The Kier molecular flexibility index (Phi) is 2.91. The first-order valence-corrected chi connectivity index (χ1v) is 6.09. The Labute approximate surface area is 102 Å². The van der Waals surface area contributed by atoms with Crippen LogP contribution in [0.25, 0.3) is 0 Å². The van der Waals surface area contributed by atoms with Crippen LogP contribution in [0.1, 0.15) is 36.4 Å². The van der Waals surface area contributed by atoms with Gasteiger partial charge < -0.3 is 0 Å². The molecule has 0 amide bonds. The molecule has 1 aliphatic rings. The van der Waals surface area contributed by atoms with Gasteiger partial charge in [-0.2, -0.15) is 0 Å². The molecule has 0 radical (unpaired) electrons. The number of nitrogens with zero attached hydrogens (tertiary/aromatic N) is 2. The molecule has 1 aromatic rings.